The summed E-state index contributed by atoms with van der Waals surface area (Å²) in [5, 5.41) is 3.07. The predicted molar refractivity (Wildman–Crippen MR) is 77.9 cm³/mol. The quantitative estimate of drug-likeness (QED) is 0.841. The van der Waals surface area contributed by atoms with Crippen molar-refractivity contribution in [1.29, 1.82) is 0 Å². The van der Waals surface area contributed by atoms with E-state index in [0.717, 1.165) is 5.69 Å². The maximum atomic E-state index is 5.67. The molecular weight excluding hydrogens is 310 g/mol. The summed E-state index contributed by atoms with van der Waals surface area (Å²) >= 11 is 3.40. The van der Waals surface area contributed by atoms with Gasteiger partial charge >= 0.3 is 0 Å². The Balaban J connectivity index is 2.32. The molecule has 0 fully saturated rings. The van der Waals surface area contributed by atoms with Gasteiger partial charge in [0, 0.05) is 0 Å². The Morgan fingerprint density at radius 2 is 2.00 bits per heavy atom. The zero-order chi connectivity index (χ0) is 13.8. The van der Waals surface area contributed by atoms with Crippen LogP contribution in [0.1, 0.15) is 17.6 Å². The largest absolute Gasteiger partial charge is 0.495 e. The van der Waals surface area contributed by atoms with E-state index in [1.165, 1.54) is 0 Å². The predicted octanol–water partition coefficient (Wildman–Crippen LogP) is 2.66. The minimum atomic E-state index is -0.00369. The number of para-hydroxylation sites is 2. The highest BCUT2D eigenvalue weighted by Gasteiger charge is 2.10. The van der Waals surface area contributed by atoms with Gasteiger partial charge < -0.3 is 15.8 Å². The molecule has 0 radical (unpaired) electrons. The van der Waals surface area contributed by atoms with E-state index in [0.29, 0.717) is 17.5 Å². The summed E-state index contributed by atoms with van der Waals surface area (Å²) in [5.41, 5.74) is 6.43. The molecule has 0 amide bonds. The highest BCUT2D eigenvalue weighted by molar-refractivity contribution is 9.09. The number of hydrogen-bond donors (Lipinski definition) is 2. The maximum Gasteiger partial charge on any atom is 0.232 e. The lowest BCUT2D eigenvalue weighted by atomic mass is 10.3. The number of methoxy groups -OCH3 is 1. The minimum Gasteiger partial charge on any atom is -0.495 e. The maximum absolute atomic E-state index is 5.67. The fraction of sp³-hybridized carbons (Fsp3) is 0.250. The van der Waals surface area contributed by atoms with Crippen LogP contribution < -0.4 is 15.8 Å². The van der Waals surface area contributed by atoms with Crippen molar-refractivity contribution >= 4 is 33.5 Å². The smallest absolute Gasteiger partial charge is 0.232 e. The Bertz CT molecular complexity index is 576. The van der Waals surface area contributed by atoms with E-state index in [1.54, 1.807) is 7.11 Å². The number of nitrogen functional groups attached to an aromatic ring is 1. The number of alkyl halides is 1. The molecule has 6 nitrogen and oxygen atoms in total. The average molecular weight is 324 g/mol. The number of nitrogens with two attached hydrogens (primary N) is 1. The summed E-state index contributed by atoms with van der Waals surface area (Å²) in [7, 11) is 1.61. The number of nitrogens with one attached hydrogen (secondary N) is 1. The van der Waals surface area contributed by atoms with Crippen LogP contribution in [0.15, 0.2) is 24.3 Å². The van der Waals surface area contributed by atoms with Crippen LogP contribution in [0.3, 0.4) is 0 Å². The van der Waals surface area contributed by atoms with Crippen molar-refractivity contribution in [2.45, 2.75) is 11.8 Å². The normalized spacial score (nSPS) is 11.9. The van der Waals surface area contributed by atoms with E-state index >= 15 is 0 Å². The molecule has 1 atom stereocenters. The summed E-state index contributed by atoms with van der Waals surface area (Å²) in [5.74, 6) is 1.84. The Morgan fingerprint density at radius 1 is 1.26 bits per heavy atom. The van der Waals surface area contributed by atoms with Gasteiger partial charge in [0.2, 0.25) is 11.9 Å². The van der Waals surface area contributed by atoms with Crippen LogP contribution in [-0.4, -0.2) is 22.1 Å². The van der Waals surface area contributed by atoms with Crippen LogP contribution in [0.4, 0.5) is 17.6 Å². The van der Waals surface area contributed by atoms with Crippen molar-refractivity contribution in [1.82, 2.24) is 15.0 Å². The SMILES string of the molecule is COc1ccccc1Nc1nc(N)nc([C@H](C)Br)n1. The lowest BCUT2D eigenvalue weighted by molar-refractivity contribution is 0.417. The first-order chi connectivity index (χ1) is 9.10. The van der Waals surface area contributed by atoms with Crippen LogP contribution in [0, 0.1) is 0 Å². The molecule has 3 N–H and O–H groups in total. The number of ether oxygens (including phenoxy) is 1. The van der Waals surface area contributed by atoms with E-state index in [-0.39, 0.29) is 10.8 Å². The van der Waals surface area contributed by atoms with Gasteiger partial charge in [-0.2, -0.15) is 15.0 Å². The summed E-state index contributed by atoms with van der Waals surface area (Å²) in [6, 6.07) is 7.50. The standard InChI is InChI=1S/C12H14BrN5O/c1-7(13)10-16-11(14)18-12(17-10)15-8-5-3-4-6-9(8)19-2/h3-7H,1-2H3,(H3,14,15,16,17,18)/t7-/m0/s1. The molecule has 0 saturated carbocycles. The summed E-state index contributed by atoms with van der Waals surface area (Å²) in [4.78, 5) is 12.4. The molecule has 100 valence electrons. The molecular formula is C12H14BrN5O. The number of anilines is 3. The molecule has 0 aliphatic carbocycles. The lowest BCUT2D eigenvalue weighted by Gasteiger charge is -2.11. The second-order valence-corrected chi connectivity index (χ2v) is 5.19. The molecule has 0 aliphatic heterocycles. The van der Waals surface area contributed by atoms with Crippen LogP contribution >= 0.6 is 15.9 Å². The van der Waals surface area contributed by atoms with Gasteiger partial charge in [0.05, 0.1) is 17.6 Å². The molecule has 1 aromatic heterocycles. The molecule has 1 aromatic carbocycles. The molecule has 0 aliphatic rings. The van der Waals surface area contributed by atoms with Gasteiger partial charge in [0.25, 0.3) is 0 Å². The number of hydrogen-bond acceptors (Lipinski definition) is 6. The van der Waals surface area contributed by atoms with Gasteiger partial charge in [-0.3, -0.25) is 0 Å². The summed E-state index contributed by atoms with van der Waals surface area (Å²) in [6.07, 6.45) is 0. The molecule has 0 spiro atoms. The van der Waals surface area contributed by atoms with Crippen LogP contribution in [-0.2, 0) is 0 Å². The number of benzene rings is 1. The van der Waals surface area contributed by atoms with E-state index in [2.05, 4.69) is 36.2 Å². The highest BCUT2D eigenvalue weighted by Crippen LogP contribution is 2.26. The van der Waals surface area contributed by atoms with Gasteiger partial charge in [-0.05, 0) is 19.1 Å². The van der Waals surface area contributed by atoms with Crippen LogP contribution in [0.5, 0.6) is 5.75 Å². The fourth-order valence-electron chi connectivity index (χ4n) is 1.51. The molecule has 2 rings (SSSR count). The topological polar surface area (TPSA) is 86.0 Å². The van der Waals surface area contributed by atoms with Gasteiger partial charge in [-0.15, -0.1) is 0 Å². The second kappa shape index (κ2) is 5.83. The average Bonchev–Trinajstić information content (AvgIpc) is 2.38. The first kappa shape index (κ1) is 13.5. The molecule has 1 heterocycles. The van der Waals surface area contributed by atoms with Crippen molar-refractivity contribution in [3.63, 3.8) is 0 Å². The molecule has 0 unspecified atom stereocenters. The van der Waals surface area contributed by atoms with Crippen molar-refractivity contribution in [2.24, 2.45) is 0 Å². The summed E-state index contributed by atoms with van der Waals surface area (Å²) in [6.45, 7) is 1.92. The van der Waals surface area contributed by atoms with Crippen LogP contribution in [0.25, 0.3) is 0 Å². The highest BCUT2D eigenvalue weighted by atomic mass is 79.9. The van der Waals surface area contributed by atoms with E-state index in [9.17, 15) is 0 Å². The lowest BCUT2D eigenvalue weighted by Crippen LogP contribution is -2.07. The van der Waals surface area contributed by atoms with Gasteiger partial charge in [-0.25, -0.2) is 0 Å². The minimum absolute atomic E-state index is 0.00369. The zero-order valence-corrected chi connectivity index (χ0v) is 12.2. The Kier molecular flexibility index (Phi) is 4.16. The van der Waals surface area contributed by atoms with Crippen molar-refractivity contribution in [3.8, 4) is 5.75 Å². The molecule has 2 aromatic rings. The monoisotopic (exact) mass is 323 g/mol. The third-order valence-corrected chi connectivity index (χ3v) is 2.79. The van der Waals surface area contributed by atoms with Gasteiger partial charge in [0.15, 0.2) is 0 Å². The summed E-state index contributed by atoms with van der Waals surface area (Å²) < 4.78 is 5.25. The third kappa shape index (κ3) is 3.31. The van der Waals surface area contributed by atoms with Crippen molar-refractivity contribution < 1.29 is 4.74 Å². The second-order valence-electron chi connectivity index (χ2n) is 3.82. The van der Waals surface area contributed by atoms with E-state index in [4.69, 9.17) is 10.5 Å². The zero-order valence-electron chi connectivity index (χ0n) is 10.6. The number of aromatic nitrogens is 3. The third-order valence-electron chi connectivity index (χ3n) is 2.38. The van der Waals surface area contributed by atoms with Crippen molar-refractivity contribution in [3.05, 3.63) is 30.1 Å². The number of nitrogens with zero attached hydrogens (tertiary/aromatic N) is 3. The van der Waals surface area contributed by atoms with Crippen LogP contribution in [0.2, 0.25) is 0 Å². The van der Waals surface area contributed by atoms with Crippen molar-refractivity contribution in [2.75, 3.05) is 18.2 Å². The molecule has 19 heavy (non-hydrogen) atoms. The Labute approximate surface area is 119 Å². The Morgan fingerprint density at radius 3 is 2.68 bits per heavy atom. The number of halogens is 1. The molecule has 0 bridgehead atoms. The molecule has 0 saturated heterocycles. The first-order valence-electron chi connectivity index (χ1n) is 5.65. The van der Waals surface area contributed by atoms with E-state index in [1.807, 2.05) is 31.2 Å². The fourth-order valence-corrected chi connectivity index (χ4v) is 1.72. The van der Waals surface area contributed by atoms with Gasteiger partial charge in [-0.1, -0.05) is 28.1 Å². The first-order valence-corrected chi connectivity index (χ1v) is 6.57. The number of rotatable bonds is 4. The van der Waals surface area contributed by atoms with Gasteiger partial charge in [0.1, 0.15) is 11.6 Å². The Hall–Kier alpha value is -1.89. The molecule has 7 heteroatoms. The van der Waals surface area contributed by atoms with E-state index < -0.39 is 0 Å².